The molecule has 1 aromatic carbocycles. The molecule has 0 radical (unpaired) electrons. The van der Waals surface area contributed by atoms with Gasteiger partial charge in [-0.2, -0.15) is 4.98 Å². The molecule has 3 rings (SSSR count). The smallest absolute Gasteiger partial charge is 0.227 e. The van der Waals surface area contributed by atoms with Crippen LogP contribution in [0.1, 0.15) is 11.4 Å². The van der Waals surface area contributed by atoms with E-state index in [4.69, 9.17) is 16.3 Å². The van der Waals surface area contributed by atoms with Gasteiger partial charge in [-0.25, -0.2) is 4.98 Å². The van der Waals surface area contributed by atoms with E-state index >= 15 is 0 Å². The molecule has 132 valence electrons. The Labute approximate surface area is 152 Å². The Balaban J connectivity index is 1.61. The van der Waals surface area contributed by atoms with Crippen LogP contribution in [-0.4, -0.2) is 54.1 Å². The van der Waals surface area contributed by atoms with E-state index in [1.807, 2.05) is 42.2 Å². The molecule has 2 heterocycles. The molecule has 0 spiro atoms. The monoisotopic (exact) mass is 360 g/mol. The molecular weight excluding hydrogens is 340 g/mol. The van der Waals surface area contributed by atoms with Crippen LogP contribution < -0.4 is 9.64 Å². The molecule has 25 heavy (non-hydrogen) atoms. The van der Waals surface area contributed by atoms with Crippen LogP contribution in [0.5, 0.6) is 5.88 Å². The number of aromatic nitrogens is 2. The maximum Gasteiger partial charge on any atom is 0.227 e. The number of hydrogen-bond acceptors (Lipinski definition) is 5. The van der Waals surface area contributed by atoms with Gasteiger partial charge in [-0.15, -0.1) is 0 Å². The number of nitrogens with zero attached hydrogens (tertiary/aromatic N) is 4. The first-order chi connectivity index (χ1) is 12.1. The summed E-state index contributed by atoms with van der Waals surface area (Å²) >= 11 is 6.15. The number of methoxy groups -OCH3 is 1. The molecule has 0 atom stereocenters. The van der Waals surface area contributed by atoms with Crippen molar-refractivity contribution >= 4 is 23.3 Å². The van der Waals surface area contributed by atoms with Crippen LogP contribution in [-0.2, 0) is 11.2 Å². The second-order valence-corrected chi connectivity index (χ2v) is 6.36. The minimum Gasteiger partial charge on any atom is -0.481 e. The lowest BCUT2D eigenvalue weighted by molar-refractivity contribution is -0.130. The maximum absolute atomic E-state index is 12.5. The Hall–Kier alpha value is -2.34. The SMILES string of the molecule is COc1cc(N2CCN(C(=O)Cc3ccccc3Cl)CC2)nc(C)n1. The van der Waals surface area contributed by atoms with Crippen molar-refractivity contribution < 1.29 is 9.53 Å². The van der Waals surface area contributed by atoms with Gasteiger partial charge < -0.3 is 14.5 Å². The summed E-state index contributed by atoms with van der Waals surface area (Å²) in [5.74, 6) is 2.16. The molecular formula is C18H21ClN4O2. The highest BCUT2D eigenvalue weighted by Gasteiger charge is 2.23. The van der Waals surface area contributed by atoms with Crippen molar-refractivity contribution in [2.24, 2.45) is 0 Å². The third-order valence-corrected chi connectivity index (χ3v) is 4.63. The van der Waals surface area contributed by atoms with Crippen molar-refractivity contribution in [1.82, 2.24) is 14.9 Å². The van der Waals surface area contributed by atoms with Crippen LogP contribution in [0.2, 0.25) is 5.02 Å². The molecule has 1 aliphatic rings. The minimum absolute atomic E-state index is 0.101. The van der Waals surface area contributed by atoms with Crippen LogP contribution >= 0.6 is 11.6 Å². The van der Waals surface area contributed by atoms with Crippen molar-refractivity contribution in [2.45, 2.75) is 13.3 Å². The van der Waals surface area contributed by atoms with Crippen LogP contribution in [0.3, 0.4) is 0 Å². The molecule has 7 heteroatoms. The average molecular weight is 361 g/mol. The highest BCUT2D eigenvalue weighted by atomic mass is 35.5. The Morgan fingerprint density at radius 2 is 1.92 bits per heavy atom. The number of rotatable bonds is 4. The second kappa shape index (κ2) is 7.70. The van der Waals surface area contributed by atoms with Gasteiger partial charge in [-0.05, 0) is 18.6 Å². The first-order valence-electron chi connectivity index (χ1n) is 8.22. The number of ether oxygens (including phenoxy) is 1. The molecule has 0 N–H and O–H groups in total. The quantitative estimate of drug-likeness (QED) is 0.837. The summed E-state index contributed by atoms with van der Waals surface area (Å²) < 4.78 is 5.21. The number of amides is 1. The molecule has 0 bridgehead atoms. The molecule has 0 saturated carbocycles. The standard InChI is InChI=1S/C18H21ClN4O2/c1-13-20-16(12-17(21-13)25-2)22-7-9-23(10-8-22)18(24)11-14-5-3-4-6-15(14)19/h3-6,12H,7-11H2,1-2H3. The van der Waals surface area contributed by atoms with Gasteiger partial charge in [-0.3, -0.25) is 4.79 Å². The predicted octanol–water partition coefficient (Wildman–Crippen LogP) is 2.34. The first kappa shape index (κ1) is 17.5. The van der Waals surface area contributed by atoms with Crippen LogP contribution in [0.25, 0.3) is 0 Å². The third-order valence-electron chi connectivity index (χ3n) is 4.27. The summed E-state index contributed by atoms with van der Waals surface area (Å²) in [5, 5.41) is 0.637. The number of carbonyl (C=O) groups is 1. The van der Waals surface area contributed by atoms with Gasteiger partial charge in [-0.1, -0.05) is 29.8 Å². The molecule has 0 unspecified atom stereocenters. The zero-order valence-electron chi connectivity index (χ0n) is 14.4. The third kappa shape index (κ3) is 4.20. The summed E-state index contributed by atoms with van der Waals surface area (Å²) in [6, 6.07) is 9.30. The van der Waals surface area contributed by atoms with E-state index in [0.29, 0.717) is 36.2 Å². The summed E-state index contributed by atoms with van der Waals surface area (Å²) in [6.07, 6.45) is 0.333. The molecule has 6 nitrogen and oxygen atoms in total. The van der Waals surface area contributed by atoms with Gasteiger partial charge in [0.15, 0.2) is 0 Å². The van der Waals surface area contributed by atoms with E-state index in [0.717, 1.165) is 24.5 Å². The molecule has 1 amide bonds. The summed E-state index contributed by atoms with van der Waals surface area (Å²) in [7, 11) is 1.59. The largest absolute Gasteiger partial charge is 0.481 e. The van der Waals surface area contributed by atoms with Crippen LogP contribution in [0, 0.1) is 6.92 Å². The number of carbonyl (C=O) groups excluding carboxylic acids is 1. The number of aryl methyl sites for hydroxylation is 1. The molecule has 1 fully saturated rings. The van der Waals surface area contributed by atoms with Crippen molar-refractivity contribution in [3.63, 3.8) is 0 Å². The number of anilines is 1. The number of halogens is 1. The second-order valence-electron chi connectivity index (χ2n) is 5.95. The van der Waals surface area contributed by atoms with Gasteiger partial charge >= 0.3 is 0 Å². The highest BCUT2D eigenvalue weighted by molar-refractivity contribution is 6.31. The predicted molar refractivity (Wildman–Crippen MR) is 97.3 cm³/mol. The topological polar surface area (TPSA) is 58.6 Å². The molecule has 1 aliphatic heterocycles. The van der Waals surface area contributed by atoms with Crippen LogP contribution in [0.15, 0.2) is 30.3 Å². The zero-order valence-corrected chi connectivity index (χ0v) is 15.2. The fraction of sp³-hybridized carbons (Fsp3) is 0.389. The highest BCUT2D eigenvalue weighted by Crippen LogP contribution is 2.20. The molecule has 1 saturated heterocycles. The summed E-state index contributed by atoms with van der Waals surface area (Å²) in [6.45, 7) is 4.63. The Kier molecular flexibility index (Phi) is 5.38. The van der Waals surface area contributed by atoms with Gasteiger partial charge in [0, 0.05) is 37.3 Å². The van der Waals surface area contributed by atoms with Gasteiger partial charge in [0.1, 0.15) is 11.6 Å². The zero-order chi connectivity index (χ0) is 17.8. The molecule has 0 aliphatic carbocycles. The minimum atomic E-state index is 0.101. The number of hydrogen-bond donors (Lipinski definition) is 0. The van der Waals surface area contributed by atoms with E-state index in [1.54, 1.807) is 7.11 Å². The number of piperazine rings is 1. The lowest BCUT2D eigenvalue weighted by atomic mass is 10.1. The van der Waals surface area contributed by atoms with E-state index in [2.05, 4.69) is 14.9 Å². The van der Waals surface area contributed by atoms with Crippen LogP contribution in [0.4, 0.5) is 5.82 Å². The Morgan fingerprint density at radius 3 is 2.60 bits per heavy atom. The van der Waals surface area contributed by atoms with Gasteiger partial charge in [0.2, 0.25) is 11.8 Å². The van der Waals surface area contributed by atoms with E-state index < -0.39 is 0 Å². The first-order valence-corrected chi connectivity index (χ1v) is 8.60. The lowest BCUT2D eigenvalue weighted by Crippen LogP contribution is -2.49. The van der Waals surface area contributed by atoms with E-state index in [1.165, 1.54) is 0 Å². The maximum atomic E-state index is 12.5. The average Bonchev–Trinajstić information content (AvgIpc) is 2.63. The number of benzene rings is 1. The van der Waals surface area contributed by atoms with E-state index in [9.17, 15) is 4.79 Å². The lowest BCUT2D eigenvalue weighted by Gasteiger charge is -2.35. The van der Waals surface area contributed by atoms with Gasteiger partial charge in [0.25, 0.3) is 0 Å². The summed E-state index contributed by atoms with van der Waals surface area (Å²) in [5.41, 5.74) is 0.868. The molecule has 1 aromatic heterocycles. The van der Waals surface area contributed by atoms with Crippen molar-refractivity contribution in [3.8, 4) is 5.88 Å². The normalized spacial score (nSPS) is 14.5. The van der Waals surface area contributed by atoms with E-state index in [-0.39, 0.29) is 5.91 Å². The van der Waals surface area contributed by atoms with Crippen molar-refractivity contribution in [3.05, 3.63) is 46.7 Å². The fourth-order valence-electron chi connectivity index (χ4n) is 2.89. The fourth-order valence-corrected chi connectivity index (χ4v) is 3.10. The molecule has 2 aromatic rings. The van der Waals surface area contributed by atoms with Crippen molar-refractivity contribution in [1.29, 1.82) is 0 Å². The Bertz CT molecular complexity index is 760. The van der Waals surface area contributed by atoms with Crippen molar-refractivity contribution in [2.75, 3.05) is 38.2 Å². The summed E-state index contributed by atoms with van der Waals surface area (Å²) in [4.78, 5) is 25.2. The van der Waals surface area contributed by atoms with Gasteiger partial charge in [0.05, 0.1) is 13.5 Å². The Morgan fingerprint density at radius 1 is 1.20 bits per heavy atom.